The smallest absolute Gasteiger partial charge is 0.0992 e. The lowest BCUT2D eigenvalue weighted by atomic mass is 10.1. The lowest BCUT2D eigenvalue weighted by Crippen LogP contribution is -2.19. The average Bonchev–Trinajstić information content (AvgIpc) is 2.43. The quantitative estimate of drug-likeness (QED) is 0.341. The van der Waals surface area contributed by atoms with Gasteiger partial charge in [0, 0.05) is 6.61 Å². The van der Waals surface area contributed by atoms with Crippen molar-refractivity contribution >= 4 is 12.4 Å². The fraction of sp³-hybridized carbons (Fsp3) is 1.00. The highest BCUT2D eigenvalue weighted by Gasteiger charge is 1.99. The minimum atomic E-state index is 0. The van der Waals surface area contributed by atoms with Crippen molar-refractivity contribution in [1.29, 1.82) is 0 Å². The summed E-state index contributed by atoms with van der Waals surface area (Å²) in [6.45, 7) is 5.63. The van der Waals surface area contributed by atoms with Gasteiger partial charge in [0.15, 0.2) is 0 Å². The Balaban J connectivity index is 0. The molecule has 0 aromatic carbocycles. The van der Waals surface area contributed by atoms with E-state index in [0.717, 1.165) is 13.0 Å². The molecule has 1 atom stereocenters. The van der Waals surface area contributed by atoms with Crippen molar-refractivity contribution in [2.24, 2.45) is 5.90 Å². The predicted molar refractivity (Wildman–Crippen MR) is 89.3 cm³/mol. The first-order valence-electron chi connectivity index (χ1n) is 8.24. The van der Waals surface area contributed by atoms with E-state index in [2.05, 4.69) is 11.8 Å². The lowest BCUT2D eigenvalue weighted by molar-refractivity contribution is -0.00842. The van der Waals surface area contributed by atoms with Crippen molar-refractivity contribution in [2.45, 2.75) is 90.6 Å². The molecule has 124 valence electrons. The van der Waals surface area contributed by atoms with Crippen LogP contribution in [0.25, 0.3) is 0 Å². The van der Waals surface area contributed by atoms with Crippen molar-refractivity contribution in [2.75, 3.05) is 13.2 Å². The number of nitrogens with two attached hydrogens (primary N) is 1. The summed E-state index contributed by atoms with van der Waals surface area (Å²) in [4.78, 5) is 4.63. The number of unbranched alkanes of at least 4 members (excludes halogenated alkanes) is 10. The minimum Gasteiger partial charge on any atom is -0.379 e. The Morgan fingerprint density at radius 2 is 1.25 bits per heavy atom. The SMILES string of the molecule is CCCCCCCCCCCCCOCC(C)ON.Cl. The Hall–Kier alpha value is 0.170. The predicted octanol–water partition coefficient (Wildman–Crippen LogP) is 5.01. The van der Waals surface area contributed by atoms with Gasteiger partial charge in [-0.05, 0) is 13.3 Å². The molecule has 0 amide bonds. The molecule has 0 aliphatic heterocycles. The highest BCUT2D eigenvalue weighted by atomic mass is 35.5. The van der Waals surface area contributed by atoms with Gasteiger partial charge in [-0.2, -0.15) is 0 Å². The second kappa shape index (κ2) is 19.2. The summed E-state index contributed by atoms with van der Waals surface area (Å²) in [6.07, 6.45) is 15.1. The van der Waals surface area contributed by atoms with Gasteiger partial charge in [0.25, 0.3) is 0 Å². The molecule has 2 N–H and O–H groups in total. The van der Waals surface area contributed by atoms with Gasteiger partial charge < -0.3 is 4.74 Å². The molecule has 0 bridgehead atoms. The first kappa shape index (κ1) is 22.5. The van der Waals surface area contributed by atoms with Crippen molar-refractivity contribution in [3.8, 4) is 0 Å². The van der Waals surface area contributed by atoms with Gasteiger partial charge in [-0.25, -0.2) is 5.90 Å². The standard InChI is InChI=1S/C16H35NO2.ClH/c1-3-4-5-6-7-8-9-10-11-12-13-14-18-15-16(2)19-17;/h16H,3-15,17H2,1-2H3;1H. The molecule has 4 heteroatoms. The molecule has 0 aromatic rings. The van der Waals surface area contributed by atoms with Crippen LogP contribution in [-0.4, -0.2) is 19.3 Å². The fourth-order valence-corrected chi connectivity index (χ4v) is 2.16. The maximum absolute atomic E-state index is 5.46. The summed E-state index contributed by atoms with van der Waals surface area (Å²) in [5.74, 6) is 5.04. The monoisotopic (exact) mass is 309 g/mol. The van der Waals surface area contributed by atoms with E-state index < -0.39 is 0 Å². The van der Waals surface area contributed by atoms with E-state index in [0.29, 0.717) is 6.61 Å². The molecule has 0 heterocycles. The molecule has 0 fully saturated rings. The molecular formula is C16H36ClNO2. The summed E-state index contributed by atoms with van der Waals surface area (Å²) in [6, 6.07) is 0. The van der Waals surface area contributed by atoms with Crippen molar-refractivity contribution in [3.05, 3.63) is 0 Å². The first-order chi connectivity index (χ1) is 9.31. The van der Waals surface area contributed by atoms with Crippen LogP contribution >= 0.6 is 12.4 Å². The number of rotatable bonds is 15. The Morgan fingerprint density at radius 1 is 0.800 bits per heavy atom. The van der Waals surface area contributed by atoms with Crippen molar-refractivity contribution < 1.29 is 9.57 Å². The first-order valence-corrected chi connectivity index (χ1v) is 8.24. The van der Waals surface area contributed by atoms with Crippen molar-refractivity contribution in [3.63, 3.8) is 0 Å². The topological polar surface area (TPSA) is 44.5 Å². The Morgan fingerprint density at radius 3 is 1.70 bits per heavy atom. The van der Waals surface area contributed by atoms with Gasteiger partial charge in [0.1, 0.15) is 0 Å². The molecule has 0 saturated carbocycles. The molecule has 1 unspecified atom stereocenters. The van der Waals surface area contributed by atoms with Gasteiger partial charge in [0.05, 0.1) is 12.7 Å². The second-order valence-corrected chi connectivity index (χ2v) is 5.56. The Bertz CT molecular complexity index is 171. The van der Waals surface area contributed by atoms with Crippen LogP contribution in [0.1, 0.15) is 84.5 Å². The zero-order valence-corrected chi connectivity index (χ0v) is 14.4. The third kappa shape index (κ3) is 18.2. The fourth-order valence-electron chi connectivity index (χ4n) is 2.16. The van der Waals surface area contributed by atoms with Crippen molar-refractivity contribution in [1.82, 2.24) is 0 Å². The van der Waals surface area contributed by atoms with Crippen LogP contribution in [-0.2, 0) is 9.57 Å². The van der Waals surface area contributed by atoms with E-state index in [9.17, 15) is 0 Å². The average molecular weight is 310 g/mol. The molecule has 0 aliphatic carbocycles. The van der Waals surface area contributed by atoms with Gasteiger partial charge in [-0.1, -0.05) is 71.1 Å². The van der Waals surface area contributed by atoms with E-state index in [-0.39, 0.29) is 18.5 Å². The maximum Gasteiger partial charge on any atom is 0.0992 e. The van der Waals surface area contributed by atoms with E-state index in [1.54, 1.807) is 0 Å². The second-order valence-electron chi connectivity index (χ2n) is 5.56. The van der Waals surface area contributed by atoms with Gasteiger partial charge in [-0.15, -0.1) is 12.4 Å². The van der Waals surface area contributed by atoms with Crippen LogP contribution in [0.2, 0.25) is 0 Å². The Labute approximate surface area is 132 Å². The molecule has 0 aromatic heterocycles. The molecule has 0 spiro atoms. The molecule has 0 aliphatic rings. The van der Waals surface area contributed by atoms with Crippen LogP contribution in [0.4, 0.5) is 0 Å². The molecule has 0 rings (SSSR count). The maximum atomic E-state index is 5.46. The highest BCUT2D eigenvalue weighted by molar-refractivity contribution is 5.85. The van der Waals surface area contributed by atoms with Gasteiger partial charge in [0.2, 0.25) is 0 Å². The normalized spacial score (nSPS) is 12.2. The number of halogens is 1. The summed E-state index contributed by atoms with van der Waals surface area (Å²) in [5.41, 5.74) is 0. The zero-order valence-electron chi connectivity index (χ0n) is 13.6. The van der Waals surface area contributed by atoms with Gasteiger partial charge >= 0.3 is 0 Å². The molecule has 20 heavy (non-hydrogen) atoms. The summed E-state index contributed by atoms with van der Waals surface area (Å²) in [7, 11) is 0. The number of hydrogen-bond acceptors (Lipinski definition) is 3. The summed E-state index contributed by atoms with van der Waals surface area (Å²) in [5, 5.41) is 0. The number of hydrogen-bond donors (Lipinski definition) is 1. The van der Waals surface area contributed by atoms with Crippen LogP contribution < -0.4 is 5.90 Å². The number of ether oxygens (including phenoxy) is 1. The molecule has 3 nitrogen and oxygen atoms in total. The lowest BCUT2D eigenvalue weighted by Gasteiger charge is -2.09. The van der Waals surface area contributed by atoms with Crippen LogP contribution in [0, 0.1) is 0 Å². The third-order valence-electron chi connectivity index (χ3n) is 3.48. The van der Waals surface area contributed by atoms with Gasteiger partial charge in [-0.3, -0.25) is 4.84 Å². The van der Waals surface area contributed by atoms with E-state index >= 15 is 0 Å². The molecule has 0 saturated heterocycles. The van der Waals surface area contributed by atoms with Crippen LogP contribution in [0.5, 0.6) is 0 Å². The van der Waals surface area contributed by atoms with E-state index in [1.807, 2.05) is 6.92 Å². The Kier molecular flexibility index (Phi) is 21.5. The molecule has 0 radical (unpaired) electrons. The summed E-state index contributed by atoms with van der Waals surface area (Å²) < 4.78 is 5.46. The van der Waals surface area contributed by atoms with Crippen LogP contribution in [0.15, 0.2) is 0 Å². The highest BCUT2D eigenvalue weighted by Crippen LogP contribution is 2.11. The molecular weight excluding hydrogens is 274 g/mol. The third-order valence-corrected chi connectivity index (χ3v) is 3.48. The summed E-state index contributed by atoms with van der Waals surface area (Å²) >= 11 is 0. The minimum absolute atomic E-state index is 0. The van der Waals surface area contributed by atoms with Crippen LogP contribution in [0.3, 0.4) is 0 Å². The largest absolute Gasteiger partial charge is 0.379 e. The van der Waals surface area contributed by atoms with E-state index in [4.69, 9.17) is 10.6 Å². The van der Waals surface area contributed by atoms with E-state index in [1.165, 1.54) is 64.2 Å². The zero-order chi connectivity index (χ0) is 14.2.